The summed E-state index contributed by atoms with van der Waals surface area (Å²) in [5, 5.41) is 0.478. The van der Waals surface area contributed by atoms with Crippen LogP contribution in [0.3, 0.4) is 0 Å². The summed E-state index contributed by atoms with van der Waals surface area (Å²) >= 11 is 1.17. The van der Waals surface area contributed by atoms with Crippen LogP contribution in [0, 0.1) is 6.92 Å². The minimum absolute atomic E-state index is 0.0772. The average Bonchev–Trinajstić information content (AvgIpc) is 2.93. The van der Waals surface area contributed by atoms with E-state index in [0.717, 1.165) is 35.8 Å². The lowest BCUT2D eigenvalue weighted by Crippen LogP contribution is -2.24. The maximum absolute atomic E-state index is 13.1. The summed E-state index contributed by atoms with van der Waals surface area (Å²) < 4.78 is 33.0. The molecule has 0 fully saturated rings. The van der Waals surface area contributed by atoms with Crippen molar-refractivity contribution in [3.63, 3.8) is 0 Å². The lowest BCUT2D eigenvalue weighted by atomic mass is 10.2. The van der Waals surface area contributed by atoms with Gasteiger partial charge in [-0.1, -0.05) is 18.6 Å². The van der Waals surface area contributed by atoms with Crippen LogP contribution in [0.4, 0.5) is 0 Å². The summed E-state index contributed by atoms with van der Waals surface area (Å²) in [6, 6.07) is 6.30. The molecular formula is C22H25N3O5S2. The van der Waals surface area contributed by atoms with Gasteiger partial charge in [0.15, 0.2) is 0 Å². The van der Waals surface area contributed by atoms with Crippen molar-refractivity contribution in [1.82, 2.24) is 13.9 Å². The SMILES string of the molecule is Cc1c(C(=O)OCc2cccc(S(=O)(=O)N(C)C)c2)sc2nc3n(c(=O)c12)CCCCC3. The van der Waals surface area contributed by atoms with E-state index < -0.39 is 16.0 Å². The number of benzene rings is 1. The number of carbonyl (C=O) groups is 1. The Morgan fingerprint density at radius 2 is 2.03 bits per heavy atom. The van der Waals surface area contributed by atoms with Crippen LogP contribution in [0.2, 0.25) is 0 Å². The zero-order valence-corrected chi connectivity index (χ0v) is 19.9. The van der Waals surface area contributed by atoms with E-state index in [4.69, 9.17) is 4.74 Å². The van der Waals surface area contributed by atoms with Crippen molar-refractivity contribution >= 4 is 37.5 Å². The molecule has 3 aromatic rings. The quantitative estimate of drug-likeness (QED) is 0.526. The van der Waals surface area contributed by atoms with Gasteiger partial charge in [-0.2, -0.15) is 0 Å². The molecule has 10 heteroatoms. The molecule has 8 nitrogen and oxygen atoms in total. The summed E-state index contributed by atoms with van der Waals surface area (Å²) in [6.07, 6.45) is 3.78. The van der Waals surface area contributed by atoms with Crippen molar-refractivity contribution in [2.75, 3.05) is 14.1 Å². The van der Waals surface area contributed by atoms with Gasteiger partial charge < -0.3 is 4.74 Å². The number of rotatable bonds is 5. The van der Waals surface area contributed by atoms with Gasteiger partial charge in [0.1, 0.15) is 22.1 Å². The fraction of sp³-hybridized carbons (Fsp3) is 0.409. The number of esters is 1. The second-order valence-electron chi connectivity index (χ2n) is 8.04. The highest BCUT2D eigenvalue weighted by Crippen LogP contribution is 2.29. The minimum atomic E-state index is -3.58. The number of hydrogen-bond donors (Lipinski definition) is 0. The molecular weight excluding hydrogens is 450 g/mol. The van der Waals surface area contributed by atoms with Gasteiger partial charge in [-0.3, -0.25) is 9.36 Å². The first-order chi connectivity index (χ1) is 15.2. The first kappa shape index (κ1) is 22.6. The van der Waals surface area contributed by atoms with E-state index in [1.54, 1.807) is 23.6 Å². The highest BCUT2D eigenvalue weighted by molar-refractivity contribution is 7.89. The van der Waals surface area contributed by atoms with Gasteiger partial charge in [0, 0.05) is 27.1 Å². The van der Waals surface area contributed by atoms with Crippen molar-refractivity contribution in [3.8, 4) is 0 Å². The molecule has 0 amide bonds. The van der Waals surface area contributed by atoms with Gasteiger partial charge >= 0.3 is 5.97 Å². The third-order valence-corrected chi connectivity index (χ3v) is 8.62. The van der Waals surface area contributed by atoms with Crippen LogP contribution in [0.15, 0.2) is 34.0 Å². The number of aryl methyl sites for hydroxylation is 2. The van der Waals surface area contributed by atoms with Gasteiger partial charge in [0.05, 0.1) is 10.3 Å². The van der Waals surface area contributed by atoms with Crippen LogP contribution in [0.25, 0.3) is 10.2 Å². The van der Waals surface area contributed by atoms with E-state index >= 15 is 0 Å². The van der Waals surface area contributed by atoms with Gasteiger partial charge in [-0.25, -0.2) is 22.5 Å². The van der Waals surface area contributed by atoms with Crippen molar-refractivity contribution in [3.05, 3.63) is 56.4 Å². The minimum Gasteiger partial charge on any atom is -0.457 e. The fourth-order valence-corrected chi connectivity index (χ4v) is 5.88. The predicted molar refractivity (Wildman–Crippen MR) is 123 cm³/mol. The Morgan fingerprint density at radius 3 is 2.78 bits per heavy atom. The smallest absolute Gasteiger partial charge is 0.349 e. The Bertz CT molecular complexity index is 1360. The lowest BCUT2D eigenvalue weighted by Gasteiger charge is -2.12. The van der Waals surface area contributed by atoms with Crippen molar-refractivity contribution in [2.24, 2.45) is 0 Å². The van der Waals surface area contributed by atoms with E-state index in [-0.39, 0.29) is 17.1 Å². The molecule has 0 bridgehead atoms. The number of sulfonamides is 1. The molecule has 0 N–H and O–H groups in total. The van der Waals surface area contributed by atoms with Crippen LogP contribution in [-0.4, -0.2) is 42.3 Å². The monoisotopic (exact) mass is 475 g/mol. The number of fused-ring (bicyclic) bond motifs is 2. The maximum Gasteiger partial charge on any atom is 0.349 e. The molecule has 1 aliphatic heterocycles. The first-order valence-electron chi connectivity index (χ1n) is 10.4. The molecule has 32 heavy (non-hydrogen) atoms. The van der Waals surface area contributed by atoms with Gasteiger partial charge in [0.2, 0.25) is 10.0 Å². The van der Waals surface area contributed by atoms with Crippen LogP contribution in [-0.2, 0) is 34.3 Å². The molecule has 0 atom stereocenters. The molecule has 0 saturated heterocycles. The third kappa shape index (κ3) is 4.10. The second-order valence-corrected chi connectivity index (χ2v) is 11.2. The number of carbonyl (C=O) groups excluding carboxylic acids is 1. The van der Waals surface area contributed by atoms with Crippen molar-refractivity contribution in [1.29, 1.82) is 0 Å². The number of nitrogens with zero attached hydrogens (tertiary/aromatic N) is 3. The molecule has 4 rings (SSSR count). The Kier molecular flexibility index (Phi) is 6.19. The zero-order chi connectivity index (χ0) is 23.0. The number of hydrogen-bond acceptors (Lipinski definition) is 7. The molecule has 0 spiro atoms. The number of aromatic nitrogens is 2. The highest BCUT2D eigenvalue weighted by atomic mass is 32.2. The number of ether oxygens (including phenoxy) is 1. The second kappa shape index (κ2) is 8.76. The Balaban J connectivity index is 1.60. The van der Waals surface area contributed by atoms with Gasteiger partial charge in [-0.05, 0) is 43.0 Å². The number of thiophene rings is 1. The molecule has 1 aromatic carbocycles. The molecule has 1 aliphatic rings. The van der Waals surface area contributed by atoms with E-state index in [1.165, 1.54) is 37.6 Å². The largest absolute Gasteiger partial charge is 0.457 e. The normalized spacial score (nSPS) is 14.4. The molecule has 0 radical (unpaired) electrons. The fourth-order valence-electron chi connectivity index (χ4n) is 3.83. The summed E-state index contributed by atoms with van der Waals surface area (Å²) in [6.45, 7) is 2.32. The van der Waals surface area contributed by atoms with Crippen molar-refractivity contribution < 1.29 is 17.9 Å². The van der Waals surface area contributed by atoms with E-state index in [2.05, 4.69) is 4.98 Å². The predicted octanol–water partition coefficient (Wildman–Crippen LogP) is 3.10. The van der Waals surface area contributed by atoms with Crippen LogP contribution >= 0.6 is 11.3 Å². The van der Waals surface area contributed by atoms with Crippen LogP contribution in [0.5, 0.6) is 0 Å². The van der Waals surface area contributed by atoms with Gasteiger partial charge in [-0.15, -0.1) is 11.3 Å². The summed E-state index contributed by atoms with van der Waals surface area (Å²) in [5.74, 6) is 0.228. The topological polar surface area (TPSA) is 98.6 Å². The highest BCUT2D eigenvalue weighted by Gasteiger charge is 2.23. The Labute approximate surface area is 190 Å². The van der Waals surface area contributed by atoms with Crippen LogP contribution in [0.1, 0.15) is 45.9 Å². The molecule has 3 heterocycles. The standard InChI is InChI=1S/C22H25N3O5S2/c1-14-18-20(23-17-10-5-4-6-11-25(17)21(18)26)31-19(14)22(27)30-13-15-8-7-9-16(12-15)32(28,29)24(2)3/h7-9,12H,4-6,10-11,13H2,1-3H3. The lowest BCUT2D eigenvalue weighted by molar-refractivity contribution is 0.0477. The van der Waals surface area contributed by atoms with Gasteiger partial charge in [0.25, 0.3) is 5.56 Å². The Morgan fingerprint density at radius 1 is 1.25 bits per heavy atom. The Hall–Kier alpha value is -2.56. The third-order valence-electron chi connectivity index (χ3n) is 5.64. The summed E-state index contributed by atoms with van der Waals surface area (Å²) in [5.41, 5.74) is 1.04. The molecule has 0 aliphatic carbocycles. The van der Waals surface area contributed by atoms with E-state index in [1.807, 2.05) is 0 Å². The van der Waals surface area contributed by atoms with Crippen LogP contribution < -0.4 is 5.56 Å². The average molecular weight is 476 g/mol. The molecule has 0 unspecified atom stereocenters. The molecule has 2 aromatic heterocycles. The molecule has 0 saturated carbocycles. The van der Waals surface area contributed by atoms with Crippen molar-refractivity contribution in [2.45, 2.75) is 50.7 Å². The zero-order valence-electron chi connectivity index (χ0n) is 18.3. The molecule has 170 valence electrons. The van der Waals surface area contributed by atoms with E-state index in [0.29, 0.717) is 32.8 Å². The first-order valence-corrected chi connectivity index (χ1v) is 12.7. The van der Waals surface area contributed by atoms with E-state index in [9.17, 15) is 18.0 Å². The summed E-state index contributed by atoms with van der Waals surface area (Å²) in [4.78, 5) is 31.6. The summed E-state index contributed by atoms with van der Waals surface area (Å²) in [7, 11) is -0.659. The maximum atomic E-state index is 13.1.